The first-order chi connectivity index (χ1) is 12.0. The highest BCUT2D eigenvalue weighted by molar-refractivity contribution is 6.40. The molecule has 3 rings (SSSR count). The summed E-state index contributed by atoms with van der Waals surface area (Å²) in [7, 11) is 0. The van der Waals surface area contributed by atoms with Crippen LogP contribution in [0, 0.1) is 0 Å². The van der Waals surface area contributed by atoms with Gasteiger partial charge in [0.1, 0.15) is 11.8 Å². The van der Waals surface area contributed by atoms with Crippen molar-refractivity contribution < 1.29 is 9.59 Å². The van der Waals surface area contributed by atoms with Crippen LogP contribution in [0.15, 0.2) is 53.9 Å². The summed E-state index contributed by atoms with van der Waals surface area (Å²) in [4.78, 5) is 24.2. The Morgan fingerprint density at radius 3 is 2.72 bits per heavy atom. The first kappa shape index (κ1) is 16.7. The van der Waals surface area contributed by atoms with Crippen LogP contribution in [-0.2, 0) is 16.1 Å². The third kappa shape index (κ3) is 3.85. The lowest BCUT2D eigenvalue weighted by molar-refractivity contribution is -0.119. The number of hydrazone groups is 1. The smallest absolute Gasteiger partial charge is 0.267 e. The zero-order chi connectivity index (χ0) is 17.8. The quantitative estimate of drug-likeness (QED) is 0.799. The second kappa shape index (κ2) is 7.16. The average Bonchev–Trinajstić information content (AvgIpc) is 3.24. The third-order valence-electron chi connectivity index (χ3n) is 3.92. The maximum Gasteiger partial charge on any atom is 0.267 e. The van der Waals surface area contributed by atoms with Crippen molar-refractivity contribution in [2.45, 2.75) is 32.0 Å². The molecular weight excluding hydrogens is 320 g/mol. The molecule has 1 aromatic heterocycles. The van der Waals surface area contributed by atoms with Gasteiger partial charge in [-0.15, -0.1) is 0 Å². The largest absolute Gasteiger partial charge is 0.368 e. The lowest BCUT2D eigenvalue weighted by Gasteiger charge is -2.20. The molecule has 0 aliphatic carbocycles. The van der Waals surface area contributed by atoms with Crippen LogP contribution in [0.4, 0.5) is 5.69 Å². The number of primary amides is 1. The molecule has 0 bridgehead atoms. The second-order valence-corrected chi connectivity index (χ2v) is 5.95. The molecular formula is C17H20N6O2. The number of rotatable bonds is 6. The summed E-state index contributed by atoms with van der Waals surface area (Å²) >= 11 is 0. The number of carbonyl (C=O) groups excluding carboxylic acids is 2. The zero-order valence-corrected chi connectivity index (χ0v) is 13.9. The first-order valence-corrected chi connectivity index (χ1v) is 8.04. The summed E-state index contributed by atoms with van der Waals surface area (Å²) in [5.74, 6) is -0.815. The number of benzene rings is 1. The van der Waals surface area contributed by atoms with Crippen LogP contribution in [-0.4, -0.2) is 39.4 Å². The summed E-state index contributed by atoms with van der Waals surface area (Å²) in [6.45, 7) is 2.43. The SMILES string of the molecule is C[C@@H](Cn1cccn1)NC(=O)C1=NN(c2ccccc2)[C@H](C(N)=O)C1. The Hall–Kier alpha value is -3.16. The minimum atomic E-state index is -0.662. The van der Waals surface area contributed by atoms with E-state index in [-0.39, 0.29) is 18.4 Å². The number of nitrogens with one attached hydrogen (secondary N) is 1. The second-order valence-electron chi connectivity index (χ2n) is 5.95. The van der Waals surface area contributed by atoms with Gasteiger partial charge in [0.2, 0.25) is 5.91 Å². The van der Waals surface area contributed by atoms with Gasteiger partial charge in [0, 0.05) is 24.9 Å². The van der Waals surface area contributed by atoms with Gasteiger partial charge in [-0.1, -0.05) is 18.2 Å². The average molecular weight is 340 g/mol. The lowest BCUT2D eigenvalue weighted by Crippen LogP contribution is -2.41. The Balaban J connectivity index is 1.70. The Labute approximate surface area is 145 Å². The van der Waals surface area contributed by atoms with E-state index in [1.807, 2.05) is 49.5 Å². The fraction of sp³-hybridized carbons (Fsp3) is 0.294. The van der Waals surface area contributed by atoms with Crippen molar-refractivity contribution in [3.63, 3.8) is 0 Å². The highest BCUT2D eigenvalue weighted by atomic mass is 16.2. The van der Waals surface area contributed by atoms with Gasteiger partial charge in [-0.05, 0) is 25.1 Å². The normalized spacial score (nSPS) is 17.9. The summed E-state index contributed by atoms with van der Waals surface area (Å²) in [5, 5.41) is 12.8. The third-order valence-corrected chi connectivity index (χ3v) is 3.92. The van der Waals surface area contributed by atoms with Gasteiger partial charge in [0.25, 0.3) is 5.91 Å². The number of nitrogens with zero attached hydrogens (tertiary/aromatic N) is 4. The Bertz CT molecular complexity index is 772. The van der Waals surface area contributed by atoms with E-state index in [0.29, 0.717) is 12.3 Å². The van der Waals surface area contributed by atoms with E-state index in [2.05, 4.69) is 15.5 Å². The molecule has 2 atom stereocenters. The van der Waals surface area contributed by atoms with Crippen LogP contribution < -0.4 is 16.1 Å². The Kier molecular flexibility index (Phi) is 4.78. The molecule has 8 heteroatoms. The lowest BCUT2D eigenvalue weighted by atomic mass is 10.1. The number of amides is 2. The van der Waals surface area contributed by atoms with Gasteiger partial charge in [-0.2, -0.15) is 10.2 Å². The van der Waals surface area contributed by atoms with E-state index in [0.717, 1.165) is 5.69 Å². The molecule has 1 aliphatic rings. The molecule has 2 aromatic rings. The van der Waals surface area contributed by atoms with Gasteiger partial charge in [-0.3, -0.25) is 19.3 Å². The maximum absolute atomic E-state index is 12.5. The molecule has 0 unspecified atom stereocenters. The Morgan fingerprint density at radius 2 is 2.08 bits per heavy atom. The molecule has 0 saturated heterocycles. The number of hydrogen-bond donors (Lipinski definition) is 2. The molecule has 130 valence electrons. The van der Waals surface area contributed by atoms with Crippen LogP contribution in [0.25, 0.3) is 0 Å². The molecule has 2 amide bonds. The van der Waals surface area contributed by atoms with Crippen molar-refractivity contribution in [1.82, 2.24) is 15.1 Å². The van der Waals surface area contributed by atoms with Crippen LogP contribution in [0.2, 0.25) is 0 Å². The van der Waals surface area contributed by atoms with E-state index >= 15 is 0 Å². The van der Waals surface area contributed by atoms with Crippen molar-refractivity contribution in [2.75, 3.05) is 5.01 Å². The number of carbonyl (C=O) groups is 2. The molecule has 1 aliphatic heterocycles. The predicted octanol–water partition coefficient (Wildman–Crippen LogP) is 0.508. The van der Waals surface area contributed by atoms with Crippen LogP contribution >= 0.6 is 0 Å². The van der Waals surface area contributed by atoms with Gasteiger partial charge in [-0.25, -0.2) is 0 Å². The standard InChI is InChI=1S/C17H20N6O2/c1-12(11-22-9-5-8-19-22)20-17(25)14-10-15(16(18)24)23(21-14)13-6-3-2-4-7-13/h2-9,12,15H,10-11H2,1H3,(H2,18,24)(H,20,25)/t12-,15-/m0/s1. The Morgan fingerprint density at radius 1 is 1.32 bits per heavy atom. The van der Waals surface area contributed by atoms with E-state index < -0.39 is 11.9 Å². The van der Waals surface area contributed by atoms with Gasteiger partial charge in [0.15, 0.2) is 0 Å². The number of aromatic nitrogens is 2. The van der Waals surface area contributed by atoms with Crippen LogP contribution in [0.1, 0.15) is 13.3 Å². The predicted molar refractivity (Wildman–Crippen MR) is 93.8 cm³/mol. The monoisotopic (exact) mass is 340 g/mol. The molecule has 0 saturated carbocycles. The topological polar surface area (TPSA) is 106 Å². The van der Waals surface area contributed by atoms with Crippen LogP contribution in [0.3, 0.4) is 0 Å². The molecule has 8 nitrogen and oxygen atoms in total. The van der Waals surface area contributed by atoms with Gasteiger partial charge >= 0.3 is 0 Å². The molecule has 1 aromatic carbocycles. The summed E-state index contributed by atoms with van der Waals surface area (Å²) in [6, 6.07) is 10.2. The number of hydrogen-bond acceptors (Lipinski definition) is 5. The molecule has 3 N–H and O–H groups in total. The van der Waals surface area contributed by atoms with Crippen molar-refractivity contribution in [2.24, 2.45) is 10.8 Å². The van der Waals surface area contributed by atoms with E-state index in [1.54, 1.807) is 10.9 Å². The molecule has 0 radical (unpaired) electrons. The van der Waals surface area contributed by atoms with E-state index in [4.69, 9.17) is 5.73 Å². The highest BCUT2D eigenvalue weighted by Gasteiger charge is 2.35. The highest BCUT2D eigenvalue weighted by Crippen LogP contribution is 2.24. The number of nitrogens with two attached hydrogens (primary N) is 1. The van der Waals surface area contributed by atoms with Crippen molar-refractivity contribution >= 4 is 23.2 Å². The van der Waals surface area contributed by atoms with E-state index in [1.165, 1.54) is 5.01 Å². The van der Waals surface area contributed by atoms with Crippen LogP contribution in [0.5, 0.6) is 0 Å². The fourth-order valence-corrected chi connectivity index (χ4v) is 2.73. The number of para-hydroxylation sites is 1. The first-order valence-electron chi connectivity index (χ1n) is 8.04. The summed E-state index contributed by atoms with van der Waals surface area (Å²) in [6.07, 6.45) is 3.70. The molecule has 0 fully saturated rings. The van der Waals surface area contributed by atoms with E-state index in [9.17, 15) is 9.59 Å². The van der Waals surface area contributed by atoms with Crippen molar-refractivity contribution in [1.29, 1.82) is 0 Å². The zero-order valence-electron chi connectivity index (χ0n) is 13.9. The van der Waals surface area contributed by atoms with Gasteiger partial charge < -0.3 is 11.1 Å². The summed E-state index contributed by atoms with van der Waals surface area (Å²) in [5.41, 5.74) is 6.49. The number of anilines is 1. The minimum Gasteiger partial charge on any atom is -0.368 e. The summed E-state index contributed by atoms with van der Waals surface area (Å²) < 4.78 is 1.74. The molecule has 2 heterocycles. The van der Waals surface area contributed by atoms with Crippen molar-refractivity contribution in [3.05, 3.63) is 48.8 Å². The minimum absolute atomic E-state index is 0.132. The fourth-order valence-electron chi connectivity index (χ4n) is 2.73. The molecule has 0 spiro atoms. The van der Waals surface area contributed by atoms with Crippen molar-refractivity contribution in [3.8, 4) is 0 Å². The molecule has 25 heavy (non-hydrogen) atoms. The maximum atomic E-state index is 12.5. The van der Waals surface area contributed by atoms with Gasteiger partial charge in [0.05, 0.1) is 12.2 Å².